The lowest BCUT2D eigenvalue weighted by Gasteiger charge is -2.30. The molecule has 32 heavy (non-hydrogen) atoms. The van der Waals surface area contributed by atoms with E-state index in [1.54, 1.807) is 18.2 Å². The molecular weight excluding hydrogens is 432 g/mol. The Bertz CT molecular complexity index is 1180. The molecule has 1 N–H and O–H groups in total. The minimum Gasteiger partial charge on any atom is -0.378 e. The van der Waals surface area contributed by atoms with Crippen LogP contribution < -0.4 is 10.2 Å². The molecule has 0 bridgehead atoms. The molecule has 8 nitrogen and oxygen atoms in total. The normalized spacial score (nSPS) is 21.7. The van der Waals surface area contributed by atoms with Gasteiger partial charge in [-0.2, -0.15) is 0 Å². The van der Waals surface area contributed by atoms with Crippen LogP contribution in [0.15, 0.2) is 46.2 Å². The van der Waals surface area contributed by atoms with Crippen LogP contribution in [-0.2, 0) is 19.3 Å². The predicted molar refractivity (Wildman–Crippen MR) is 116 cm³/mol. The highest BCUT2D eigenvalue weighted by Crippen LogP contribution is 2.38. The summed E-state index contributed by atoms with van der Waals surface area (Å²) in [6.45, 7) is 3.42. The number of benzene rings is 2. The summed E-state index contributed by atoms with van der Waals surface area (Å²) in [5.74, 6) is -0.935. The van der Waals surface area contributed by atoms with E-state index in [-0.39, 0.29) is 32.6 Å². The minimum atomic E-state index is -3.97. The van der Waals surface area contributed by atoms with Crippen molar-refractivity contribution in [2.45, 2.75) is 28.7 Å². The van der Waals surface area contributed by atoms with E-state index in [0.29, 0.717) is 39.5 Å². The second-order valence-corrected chi connectivity index (χ2v) is 10.0. The molecule has 0 radical (unpaired) electrons. The summed E-state index contributed by atoms with van der Waals surface area (Å²) in [6, 6.07) is 9.24. The second-order valence-electron chi connectivity index (χ2n) is 8.14. The summed E-state index contributed by atoms with van der Waals surface area (Å²) >= 11 is 0. The molecule has 1 unspecified atom stereocenters. The standard InChI is InChI=1S/C23H24N2O6S/c26-22-17-7-6-15(25-8-11-30-12-9-25)13-20(17)32(28,29)19-5-1-4-18(21(19)22)23(27)24-14-16-3-2-10-31-16/h1,4-7,13,16H,2-3,8-12,14H2,(H,24,27). The maximum Gasteiger partial charge on any atom is 0.252 e. The molecule has 168 valence electrons. The molecule has 0 saturated carbocycles. The molecule has 5 rings (SSSR count). The summed E-state index contributed by atoms with van der Waals surface area (Å²) in [5, 5.41) is 2.79. The van der Waals surface area contributed by atoms with Crippen LogP contribution in [0.2, 0.25) is 0 Å². The molecule has 2 aromatic carbocycles. The van der Waals surface area contributed by atoms with Gasteiger partial charge in [-0.05, 0) is 43.2 Å². The van der Waals surface area contributed by atoms with Crippen molar-refractivity contribution in [3.8, 4) is 0 Å². The number of amides is 1. The van der Waals surface area contributed by atoms with Crippen LogP contribution in [0.1, 0.15) is 39.1 Å². The van der Waals surface area contributed by atoms with Crippen molar-refractivity contribution >= 4 is 27.2 Å². The molecule has 9 heteroatoms. The van der Waals surface area contributed by atoms with Gasteiger partial charge in [-0.25, -0.2) is 8.42 Å². The summed E-state index contributed by atoms with van der Waals surface area (Å²) in [5.41, 5.74) is 0.826. The van der Waals surface area contributed by atoms with Gasteiger partial charge >= 0.3 is 0 Å². The molecule has 3 heterocycles. The largest absolute Gasteiger partial charge is 0.378 e. The summed E-state index contributed by atoms with van der Waals surface area (Å²) < 4.78 is 37.8. The third-order valence-electron chi connectivity index (χ3n) is 6.18. The first-order valence-corrected chi connectivity index (χ1v) is 12.2. The number of carbonyl (C=O) groups excluding carboxylic acids is 2. The fourth-order valence-corrected chi connectivity index (χ4v) is 6.17. The summed E-state index contributed by atoms with van der Waals surface area (Å²) in [6.07, 6.45) is 1.75. The quantitative estimate of drug-likeness (QED) is 0.639. The predicted octanol–water partition coefficient (Wildman–Crippen LogP) is 1.81. The lowest BCUT2D eigenvalue weighted by Crippen LogP contribution is -2.36. The van der Waals surface area contributed by atoms with Crippen LogP contribution in [0.5, 0.6) is 0 Å². The second kappa shape index (κ2) is 8.31. The van der Waals surface area contributed by atoms with E-state index in [2.05, 4.69) is 5.32 Å². The zero-order chi connectivity index (χ0) is 22.3. The van der Waals surface area contributed by atoms with Crippen LogP contribution in [0.4, 0.5) is 5.69 Å². The van der Waals surface area contributed by atoms with Crippen molar-refractivity contribution in [2.75, 3.05) is 44.4 Å². The molecule has 3 aliphatic rings. The van der Waals surface area contributed by atoms with E-state index < -0.39 is 21.5 Å². The van der Waals surface area contributed by atoms with Gasteiger partial charge in [0.25, 0.3) is 5.91 Å². The number of hydrogen-bond acceptors (Lipinski definition) is 7. The smallest absolute Gasteiger partial charge is 0.252 e. The highest BCUT2D eigenvalue weighted by atomic mass is 32.2. The zero-order valence-corrected chi connectivity index (χ0v) is 18.3. The minimum absolute atomic E-state index is 0.0177. The number of morpholine rings is 1. The molecule has 0 aliphatic carbocycles. The van der Waals surface area contributed by atoms with Gasteiger partial charge in [0.1, 0.15) is 0 Å². The van der Waals surface area contributed by atoms with Crippen molar-refractivity contribution in [2.24, 2.45) is 0 Å². The Hall–Kier alpha value is -2.75. The Morgan fingerprint density at radius 1 is 1.09 bits per heavy atom. The van der Waals surface area contributed by atoms with Crippen LogP contribution >= 0.6 is 0 Å². The van der Waals surface area contributed by atoms with Crippen molar-refractivity contribution in [1.29, 1.82) is 0 Å². The maximum atomic E-state index is 13.5. The highest BCUT2D eigenvalue weighted by Gasteiger charge is 2.38. The third kappa shape index (κ3) is 3.60. The van der Waals surface area contributed by atoms with E-state index in [0.717, 1.165) is 18.5 Å². The Kier molecular flexibility index (Phi) is 5.48. The van der Waals surface area contributed by atoms with E-state index >= 15 is 0 Å². The molecule has 2 saturated heterocycles. The monoisotopic (exact) mass is 456 g/mol. The van der Waals surface area contributed by atoms with E-state index in [1.807, 2.05) is 4.90 Å². The van der Waals surface area contributed by atoms with Gasteiger partial charge in [0.05, 0.1) is 40.2 Å². The van der Waals surface area contributed by atoms with Gasteiger partial charge < -0.3 is 19.7 Å². The van der Waals surface area contributed by atoms with E-state index in [4.69, 9.17) is 9.47 Å². The molecule has 3 aliphatic heterocycles. The molecule has 2 aromatic rings. The van der Waals surface area contributed by atoms with Gasteiger partial charge in [-0.15, -0.1) is 0 Å². The van der Waals surface area contributed by atoms with Crippen molar-refractivity contribution in [1.82, 2.24) is 5.32 Å². The topological polar surface area (TPSA) is 102 Å². The molecule has 0 aromatic heterocycles. The molecule has 2 fully saturated rings. The fraction of sp³-hybridized carbons (Fsp3) is 0.391. The summed E-state index contributed by atoms with van der Waals surface area (Å²) in [4.78, 5) is 28.1. The van der Waals surface area contributed by atoms with Gasteiger partial charge in [-0.1, -0.05) is 6.07 Å². The zero-order valence-electron chi connectivity index (χ0n) is 17.5. The molecule has 0 spiro atoms. The number of sulfone groups is 1. The third-order valence-corrected chi connectivity index (χ3v) is 8.01. The van der Waals surface area contributed by atoms with Gasteiger partial charge in [0.15, 0.2) is 5.78 Å². The van der Waals surface area contributed by atoms with Crippen LogP contribution in [0.25, 0.3) is 0 Å². The first-order valence-electron chi connectivity index (χ1n) is 10.8. The maximum absolute atomic E-state index is 13.5. The van der Waals surface area contributed by atoms with Crippen molar-refractivity contribution in [3.63, 3.8) is 0 Å². The van der Waals surface area contributed by atoms with Gasteiger partial charge in [-0.3, -0.25) is 9.59 Å². The average Bonchev–Trinajstić information content (AvgIpc) is 3.35. The lowest BCUT2D eigenvalue weighted by atomic mass is 9.96. The average molecular weight is 457 g/mol. The molecule has 1 amide bonds. The van der Waals surface area contributed by atoms with Gasteiger partial charge in [0, 0.05) is 37.5 Å². The Morgan fingerprint density at radius 3 is 2.66 bits per heavy atom. The summed E-state index contributed by atoms with van der Waals surface area (Å²) in [7, 11) is -3.97. The number of anilines is 1. The number of nitrogens with one attached hydrogen (secondary N) is 1. The van der Waals surface area contributed by atoms with Crippen molar-refractivity contribution < 1.29 is 27.5 Å². The number of carbonyl (C=O) groups is 2. The van der Waals surface area contributed by atoms with Gasteiger partial charge in [0.2, 0.25) is 9.84 Å². The number of rotatable bonds is 4. The lowest BCUT2D eigenvalue weighted by molar-refractivity contribution is 0.0853. The number of ether oxygens (including phenoxy) is 2. The Balaban J connectivity index is 1.51. The van der Waals surface area contributed by atoms with Crippen molar-refractivity contribution in [3.05, 3.63) is 53.1 Å². The fourth-order valence-electron chi connectivity index (χ4n) is 4.48. The van der Waals surface area contributed by atoms with Crippen LogP contribution in [-0.4, -0.2) is 65.7 Å². The van der Waals surface area contributed by atoms with E-state index in [9.17, 15) is 18.0 Å². The SMILES string of the molecule is O=C(NCC1CCCO1)c1cccc2c1C(=O)c1ccc(N3CCOCC3)cc1S2(=O)=O. The molecular formula is C23H24N2O6S. The highest BCUT2D eigenvalue weighted by molar-refractivity contribution is 7.91. The number of hydrogen-bond donors (Lipinski definition) is 1. The number of nitrogens with zero attached hydrogens (tertiary/aromatic N) is 1. The number of fused-ring (bicyclic) bond motifs is 2. The van der Waals surface area contributed by atoms with E-state index in [1.165, 1.54) is 18.2 Å². The number of ketones is 1. The first kappa shape index (κ1) is 21.1. The Morgan fingerprint density at radius 2 is 1.91 bits per heavy atom. The van der Waals surface area contributed by atoms with Crippen LogP contribution in [0, 0.1) is 0 Å². The van der Waals surface area contributed by atoms with Crippen LogP contribution in [0.3, 0.4) is 0 Å². The first-order chi connectivity index (χ1) is 15.5. The molecule has 1 atom stereocenters. The Labute approximate surface area is 186 Å².